The molecule has 2 rings (SSSR count). The molecular weight excluding hydrogens is 504 g/mol. The predicted molar refractivity (Wildman–Crippen MR) is 133 cm³/mol. The van der Waals surface area contributed by atoms with Gasteiger partial charge in [-0.25, -0.2) is 12.8 Å². The largest absolute Gasteiger partial charge is 0.350 e. The van der Waals surface area contributed by atoms with Gasteiger partial charge in [0, 0.05) is 22.1 Å². The third-order valence-corrected chi connectivity index (χ3v) is 6.52. The van der Waals surface area contributed by atoms with E-state index in [0.717, 1.165) is 16.6 Å². The zero-order valence-electron chi connectivity index (χ0n) is 19.6. The van der Waals surface area contributed by atoms with E-state index in [1.807, 2.05) is 0 Å². The van der Waals surface area contributed by atoms with Gasteiger partial charge in [0.25, 0.3) is 0 Å². The number of hydrogen-bond acceptors (Lipinski definition) is 4. The molecule has 0 unspecified atom stereocenters. The Hall–Kier alpha value is -2.36. The lowest BCUT2D eigenvalue weighted by Gasteiger charge is -2.33. The van der Waals surface area contributed by atoms with Crippen LogP contribution in [0.3, 0.4) is 0 Å². The number of hydrogen-bond donors (Lipinski definition) is 1. The molecule has 0 fully saturated rings. The van der Waals surface area contributed by atoms with Gasteiger partial charge in [-0.05, 0) is 63.6 Å². The molecule has 34 heavy (non-hydrogen) atoms. The quantitative estimate of drug-likeness (QED) is 0.552. The second-order valence-electron chi connectivity index (χ2n) is 8.92. The van der Waals surface area contributed by atoms with E-state index < -0.39 is 45.8 Å². The Labute approximate surface area is 209 Å². The molecule has 1 N–H and O–H groups in total. The number of carbonyl (C=O) groups is 2. The molecule has 1 atom stereocenters. The molecule has 11 heteroatoms. The van der Waals surface area contributed by atoms with Gasteiger partial charge in [-0.15, -0.1) is 0 Å². The second-order valence-corrected chi connectivity index (χ2v) is 11.7. The van der Waals surface area contributed by atoms with Crippen LogP contribution in [-0.4, -0.2) is 49.5 Å². The summed E-state index contributed by atoms with van der Waals surface area (Å²) in [6.07, 6.45) is 0.918. The number of halogens is 3. The summed E-state index contributed by atoms with van der Waals surface area (Å²) in [5.74, 6) is -1.75. The van der Waals surface area contributed by atoms with Crippen LogP contribution in [0.25, 0.3) is 0 Å². The number of rotatable bonds is 8. The lowest BCUT2D eigenvalue weighted by molar-refractivity contribution is -0.140. The summed E-state index contributed by atoms with van der Waals surface area (Å²) < 4.78 is 39.5. The predicted octanol–water partition coefficient (Wildman–Crippen LogP) is 4.23. The van der Waals surface area contributed by atoms with Gasteiger partial charge in [0.2, 0.25) is 21.8 Å². The molecule has 186 valence electrons. The number of nitrogens with one attached hydrogen (secondary N) is 1. The van der Waals surface area contributed by atoms with Crippen LogP contribution in [0.1, 0.15) is 33.3 Å². The number of anilines is 1. The van der Waals surface area contributed by atoms with Crippen molar-refractivity contribution < 1.29 is 22.4 Å². The fourth-order valence-electron chi connectivity index (χ4n) is 3.14. The third kappa shape index (κ3) is 7.85. The smallest absolute Gasteiger partial charge is 0.244 e. The summed E-state index contributed by atoms with van der Waals surface area (Å²) >= 11 is 12.3. The number of benzene rings is 2. The summed E-state index contributed by atoms with van der Waals surface area (Å²) in [6.45, 7) is 6.23. The first-order valence-corrected chi connectivity index (χ1v) is 13.0. The Morgan fingerprint density at radius 3 is 2.29 bits per heavy atom. The highest BCUT2D eigenvalue weighted by Crippen LogP contribution is 2.24. The van der Waals surface area contributed by atoms with Crippen molar-refractivity contribution in [2.24, 2.45) is 0 Å². The lowest BCUT2D eigenvalue weighted by Crippen LogP contribution is -2.54. The molecule has 2 amide bonds. The Morgan fingerprint density at radius 2 is 1.76 bits per heavy atom. The summed E-state index contributed by atoms with van der Waals surface area (Å²) in [4.78, 5) is 27.6. The zero-order chi connectivity index (χ0) is 25.8. The monoisotopic (exact) mass is 531 g/mol. The van der Waals surface area contributed by atoms with Crippen molar-refractivity contribution in [1.29, 1.82) is 0 Å². The maximum absolute atomic E-state index is 13.8. The average Bonchev–Trinajstić information content (AvgIpc) is 2.68. The van der Waals surface area contributed by atoms with Gasteiger partial charge in [-0.2, -0.15) is 0 Å². The van der Waals surface area contributed by atoms with E-state index in [1.165, 1.54) is 36.1 Å². The second kappa shape index (κ2) is 10.9. The van der Waals surface area contributed by atoms with Gasteiger partial charge in [0.15, 0.2) is 0 Å². The van der Waals surface area contributed by atoms with Crippen LogP contribution in [0.4, 0.5) is 10.1 Å². The maximum Gasteiger partial charge on any atom is 0.244 e. The van der Waals surface area contributed by atoms with E-state index in [0.29, 0.717) is 15.6 Å². The van der Waals surface area contributed by atoms with Gasteiger partial charge < -0.3 is 10.2 Å². The summed E-state index contributed by atoms with van der Waals surface area (Å²) in [7, 11) is -3.95. The molecule has 0 aromatic heterocycles. The summed E-state index contributed by atoms with van der Waals surface area (Å²) in [5.41, 5.74) is -0.0446. The topological polar surface area (TPSA) is 86.8 Å². The van der Waals surface area contributed by atoms with Crippen molar-refractivity contribution in [2.75, 3.05) is 17.1 Å². The minimum atomic E-state index is -3.95. The molecule has 2 aromatic rings. The van der Waals surface area contributed by atoms with Crippen LogP contribution in [-0.2, 0) is 26.2 Å². The van der Waals surface area contributed by atoms with E-state index in [2.05, 4.69) is 5.32 Å². The van der Waals surface area contributed by atoms with Gasteiger partial charge >= 0.3 is 0 Å². The third-order valence-electron chi connectivity index (χ3n) is 4.80. The first-order chi connectivity index (χ1) is 15.6. The Bertz CT molecular complexity index is 1170. The summed E-state index contributed by atoms with van der Waals surface area (Å²) in [5, 5.41) is 3.51. The standard InChI is InChI=1S/C23H28Cl2FN3O4S/c1-15(22(31)27-23(2,3)4)28(13-16-9-10-17(24)11-20(16)25)21(30)14-29(34(5,32)33)19-8-6-7-18(26)12-19/h6-12,15H,13-14H2,1-5H3,(H,27,31)/t15-/m1/s1. The van der Waals surface area contributed by atoms with Crippen molar-refractivity contribution in [3.8, 4) is 0 Å². The maximum atomic E-state index is 13.8. The average molecular weight is 532 g/mol. The summed E-state index contributed by atoms with van der Waals surface area (Å²) in [6, 6.07) is 8.68. The van der Waals surface area contributed by atoms with Gasteiger partial charge in [0.05, 0.1) is 11.9 Å². The lowest BCUT2D eigenvalue weighted by atomic mass is 10.1. The minimum absolute atomic E-state index is 0.00729. The van der Waals surface area contributed by atoms with Crippen LogP contribution in [0.15, 0.2) is 42.5 Å². The SMILES string of the molecule is C[C@H](C(=O)NC(C)(C)C)N(Cc1ccc(Cl)cc1Cl)C(=O)CN(c1cccc(F)c1)S(C)(=O)=O. The number of sulfonamides is 1. The van der Waals surface area contributed by atoms with E-state index >= 15 is 0 Å². The van der Waals surface area contributed by atoms with Crippen LogP contribution >= 0.6 is 23.2 Å². The number of amides is 2. The van der Waals surface area contributed by atoms with Crippen LogP contribution < -0.4 is 9.62 Å². The van der Waals surface area contributed by atoms with Gasteiger partial charge in [-0.3, -0.25) is 13.9 Å². The van der Waals surface area contributed by atoms with Crippen LogP contribution in [0.5, 0.6) is 0 Å². The van der Waals surface area contributed by atoms with Crippen LogP contribution in [0, 0.1) is 5.82 Å². The van der Waals surface area contributed by atoms with E-state index in [-0.39, 0.29) is 12.2 Å². The van der Waals surface area contributed by atoms with Crippen molar-refractivity contribution in [2.45, 2.75) is 45.8 Å². The first-order valence-electron chi connectivity index (χ1n) is 10.4. The number of nitrogens with zero attached hydrogens (tertiary/aromatic N) is 2. The zero-order valence-corrected chi connectivity index (χ0v) is 21.9. The molecule has 0 aliphatic rings. The van der Waals surface area contributed by atoms with Gasteiger partial charge in [-0.1, -0.05) is 35.3 Å². The minimum Gasteiger partial charge on any atom is -0.350 e. The Balaban J connectivity index is 2.44. The highest BCUT2D eigenvalue weighted by atomic mass is 35.5. The molecule has 0 heterocycles. The fraction of sp³-hybridized carbons (Fsp3) is 0.391. The Morgan fingerprint density at radius 1 is 1.12 bits per heavy atom. The van der Waals surface area contributed by atoms with Gasteiger partial charge in [0.1, 0.15) is 18.4 Å². The normalized spacial score (nSPS) is 12.7. The van der Waals surface area contributed by atoms with Crippen molar-refractivity contribution in [3.05, 3.63) is 63.9 Å². The van der Waals surface area contributed by atoms with Crippen LogP contribution in [0.2, 0.25) is 10.0 Å². The van der Waals surface area contributed by atoms with E-state index in [1.54, 1.807) is 32.9 Å². The molecule has 0 bridgehead atoms. The molecule has 0 aliphatic heterocycles. The van der Waals surface area contributed by atoms with Crippen molar-refractivity contribution in [1.82, 2.24) is 10.2 Å². The van der Waals surface area contributed by atoms with E-state index in [4.69, 9.17) is 23.2 Å². The van der Waals surface area contributed by atoms with Crippen molar-refractivity contribution in [3.63, 3.8) is 0 Å². The highest BCUT2D eigenvalue weighted by Gasteiger charge is 2.31. The first kappa shape index (κ1) is 27.9. The molecule has 7 nitrogen and oxygen atoms in total. The molecular formula is C23H28Cl2FN3O4S. The molecule has 2 aromatic carbocycles. The van der Waals surface area contributed by atoms with E-state index in [9.17, 15) is 22.4 Å². The molecule has 0 aliphatic carbocycles. The molecule has 0 radical (unpaired) electrons. The molecule has 0 saturated carbocycles. The van der Waals surface area contributed by atoms with Crippen molar-refractivity contribution >= 4 is 50.7 Å². The number of carbonyl (C=O) groups excluding carboxylic acids is 2. The highest BCUT2D eigenvalue weighted by molar-refractivity contribution is 7.92. The fourth-order valence-corrected chi connectivity index (χ4v) is 4.44. The molecule has 0 spiro atoms. The Kier molecular flexibility index (Phi) is 8.96. The molecule has 0 saturated heterocycles.